The van der Waals surface area contributed by atoms with Crippen LogP contribution in [0.1, 0.15) is 52.6 Å². The second-order valence-corrected chi connectivity index (χ2v) is 7.21. The highest BCUT2D eigenvalue weighted by atomic mass is 35.5. The van der Waals surface area contributed by atoms with Gasteiger partial charge in [0.1, 0.15) is 0 Å². The predicted octanol–water partition coefficient (Wildman–Crippen LogP) is 5.33. The normalized spacial score (nSPS) is 9.74. The van der Waals surface area contributed by atoms with Crippen LogP contribution in [0.3, 0.4) is 0 Å². The van der Waals surface area contributed by atoms with Crippen molar-refractivity contribution in [2.45, 2.75) is 40.2 Å². The highest BCUT2D eigenvalue weighted by Gasteiger charge is 2.24. The van der Waals surface area contributed by atoms with E-state index in [2.05, 4.69) is 0 Å². The van der Waals surface area contributed by atoms with Crippen LogP contribution in [0.25, 0.3) is 0 Å². The van der Waals surface area contributed by atoms with Crippen LogP contribution in [0.2, 0.25) is 0 Å². The van der Waals surface area contributed by atoms with Gasteiger partial charge in [-0.15, -0.1) is 24.8 Å². The monoisotopic (exact) mass is 432 g/mol. The minimum Gasteiger partial charge on any atom is -0.276 e. The third-order valence-electron chi connectivity index (χ3n) is 3.41. The molecule has 0 aliphatic carbocycles. The number of nitrogens with two attached hydrogens (primary N) is 1. The van der Waals surface area contributed by atoms with Gasteiger partial charge in [0, 0.05) is 11.1 Å². The minimum absolute atomic E-state index is 0. The lowest BCUT2D eigenvalue weighted by Gasteiger charge is -2.31. The number of hydrogen-bond donors (Lipinski definition) is 1. The fourth-order valence-corrected chi connectivity index (χ4v) is 2.24. The zero-order valence-electron chi connectivity index (χ0n) is 16.2. The van der Waals surface area contributed by atoms with E-state index in [9.17, 15) is 9.59 Å². The van der Waals surface area contributed by atoms with E-state index in [1.807, 2.05) is 58.9 Å². The van der Waals surface area contributed by atoms with Gasteiger partial charge in [-0.05, 0) is 58.4 Å². The Morgan fingerprint density at radius 1 is 0.889 bits per heavy atom. The van der Waals surface area contributed by atoms with E-state index in [1.54, 1.807) is 24.3 Å². The van der Waals surface area contributed by atoms with E-state index in [0.29, 0.717) is 11.1 Å². The van der Waals surface area contributed by atoms with Crippen LogP contribution in [0.5, 0.6) is 0 Å². The van der Waals surface area contributed by atoms with Crippen molar-refractivity contribution in [2.24, 2.45) is 5.84 Å². The van der Waals surface area contributed by atoms with Crippen LogP contribution in [-0.2, 0) is 0 Å². The van der Waals surface area contributed by atoms with Crippen molar-refractivity contribution in [1.29, 1.82) is 0 Å². The first-order valence-electron chi connectivity index (χ1n) is 7.95. The lowest BCUT2D eigenvalue weighted by Crippen LogP contribution is -2.50. The zero-order valence-corrected chi connectivity index (χ0v) is 18.5. The summed E-state index contributed by atoms with van der Waals surface area (Å²) in [6, 6.07) is 14.5. The first-order chi connectivity index (χ1) is 11.5. The number of hydrogen-bond acceptors (Lipinski definition) is 3. The van der Waals surface area contributed by atoms with Crippen LogP contribution in [0.15, 0.2) is 48.5 Å². The molecule has 0 unspecified atom stereocenters. The van der Waals surface area contributed by atoms with Gasteiger partial charge in [-0.2, -0.15) is 0 Å². The Morgan fingerprint density at radius 3 is 1.67 bits per heavy atom. The largest absolute Gasteiger partial charge is 0.276 e. The third kappa shape index (κ3) is 9.25. The molecule has 27 heavy (non-hydrogen) atoms. The van der Waals surface area contributed by atoms with E-state index >= 15 is 0 Å². The number of aryl methyl sites for hydroxylation is 2. The van der Waals surface area contributed by atoms with Gasteiger partial charge >= 0.3 is 0 Å². The Balaban J connectivity index is 0. The molecule has 7 heteroatoms. The number of hydrazine groups is 1. The van der Waals surface area contributed by atoms with Gasteiger partial charge in [-0.3, -0.25) is 14.6 Å². The fourth-order valence-electron chi connectivity index (χ4n) is 2.11. The van der Waals surface area contributed by atoms with E-state index in [0.717, 1.165) is 11.1 Å². The smallest absolute Gasteiger partial charge is 0.268 e. The molecule has 2 aromatic rings. The summed E-state index contributed by atoms with van der Waals surface area (Å²) in [4.78, 5) is 22.5. The number of carbonyl (C=O) groups excluding carboxylic acids is 2. The van der Waals surface area contributed by atoms with Gasteiger partial charge in [0.25, 0.3) is 11.1 Å². The van der Waals surface area contributed by atoms with Crippen LogP contribution in [0, 0.1) is 13.8 Å². The molecule has 4 nitrogen and oxygen atoms in total. The summed E-state index contributed by atoms with van der Waals surface area (Å²) in [5, 5.41) is 0.872. The summed E-state index contributed by atoms with van der Waals surface area (Å²) in [7, 11) is 0. The first-order valence-corrected chi connectivity index (χ1v) is 8.32. The van der Waals surface area contributed by atoms with Crippen molar-refractivity contribution in [3.05, 3.63) is 70.8 Å². The van der Waals surface area contributed by atoms with Crippen molar-refractivity contribution in [1.82, 2.24) is 5.01 Å². The van der Waals surface area contributed by atoms with Gasteiger partial charge < -0.3 is 0 Å². The van der Waals surface area contributed by atoms with Gasteiger partial charge in [-0.25, -0.2) is 5.84 Å². The van der Waals surface area contributed by atoms with E-state index in [-0.39, 0.29) is 36.3 Å². The Kier molecular flexibility index (Phi) is 12.3. The molecule has 0 atom stereocenters. The SMILES string of the molecule is Cc1cc(C)cc(C(=O)N(N)C(C)(C)C)c1.Cl.Cl.O=C(Cl)c1ccccc1. The number of rotatable bonds is 2. The first kappa shape index (κ1) is 27.6. The van der Waals surface area contributed by atoms with Gasteiger partial charge in [0.05, 0.1) is 5.54 Å². The number of amides is 1. The Morgan fingerprint density at radius 2 is 1.33 bits per heavy atom. The molecule has 0 aliphatic heterocycles. The summed E-state index contributed by atoms with van der Waals surface area (Å²) >= 11 is 5.16. The molecular formula is C20H27Cl3N2O2. The summed E-state index contributed by atoms with van der Waals surface area (Å²) in [6.45, 7) is 9.68. The molecule has 0 bridgehead atoms. The second kappa shape index (κ2) is 12.0. The second-order valence-electron chi connectivity index (χ2n) is 6.86. The van der Waals surface area contributed by atoms with Crippen LogP contribution >= 0.6 is 36.4 Å². The number of benzene rings is 2. The molecule has 2 N–H and O–H groups in total. The maximum absolute atomic E-state index is 12.1. The van der Waals surface area contributed by atoms with Crippen molar-refractivity contribution >= 4 is 47.6 Å². The highest BCUT2D eigenvalue weighted by Crippen LogP contribution is 2.15. The molecule has 2 rings (SSSR count). The van der Waals surface area contributed by atoms with Gasteiger partial charge in [-0.1, -0.05) is 47.5 Å². The summed E-state index contributed by atoms with van der Waals surface area (Å²) < 4.78 is 0. The molecule has 0 saturated carbocycles. The standard InChI is InChI=1S/C13H20N2O.C7H5ClO.2ClH/c1-9-6-10(2)8-11(7-9)12(16)15(14)13(3,4)5;8-7(9)6-4-2-1-3-5-6;;/h6-8H,14H2,1-5H3;1-5H;2*1H. The van der Waals surface area contributed by atoms with Crippen molar-refractivity contribution in [2.75, 3.05) is 0 Å². The average molecular weight is 434 g/mol. The zero-order chi connectivity index (χ0) is 19.2. The van der Waals surface area contributed by atoms with Gasteiger partial charge in [0.15, 0.2) is 0 Å². The number of halogens is 3. The molecule has 0 saturated heterocycles. The lowest BCUT2D eigenvalue weighted by molar-refractivity contribution is 0.0581. The number of carbonyl (C=O) groups is 2. The molecule has 0 aliphatic rings. The lowest BCUT2D eigenvalue weighted by atomic mass is 10.0. The third-order valence-corrected chi connectivity index (χ3v) is 3.63. The van der Waals surface area contributed by atoms with Crippen LogP contribution in [0.4, 0.5) is 0 Å². The highest BCUT2D eigenvalue weighted by molar-refractivity contribution is 6.67. The molecule has 1 amide bonds. The molecule has 2 aromatic carbocycles. The molecule has 0 heterocycles. The molecule has 150 valence electrons. The predicted molar refractivity (Wildman–Crippen MR) is 117 cm³/mol. The molecule has 0 radical (unpaired) electrons. The maximum atomic E-state index is 12.1. The van der Waals surface area contributed by atoms with E-state index in [4.69, 9.17) is 17.4 Å². The number of nitrogens with zero attached hydrogens (tertiary/aromatic N) is 1. The van der Waals surface area contributed by atoms with Crippen molar-refractivity contribution < 1.29 is 9.59 Å². The van der Waals surface area contributed by atoms with Crippen LogP contribution < -0.4 is 5.84 Å². The Labute approximate surface area is 178 Å². The minimum atomic E-state index is -0.407. The fraction of sp³-hybridized carbons (Fsp3) is 0.300. The quantitative estimate of drug-likeness (QED) is 0.301. The molecular weight excluding hydrogens is 407 g/mol. The van der Waals surface area contributed by atoms with Crippen molar-refractivity contribution in [3.63, 3.8) is 0 Å². The molecule has 0 aromatic heterocycles. The van der Waals surface area contributed by atoms with E-state index in [1.165, 1.54) is 5.01 Å². The van der Waals surface area contributed by atoms with Gasteiger partial charge in [0.2, 0.25) is 0 Å². The molecule has 0 fully saturated rings. The Bertz CT molecular complexity index is 724. The Hall–Kier alpha value is -1.59. The summed E-state index contributed by atoms with van der Waals surface area (Å²) in [5.74, 6) is 5.67. The summed E-state index contributed by atoms with van der Waals surface area (Å²) in [5.41, 5.74) is 2.97. The average Bonchev–Trinajstić information content (AvgIpc) is 2.53. The van der Waals surface area contributed by atoms with Crippen LogP contribution in [-0.4, -0.2) is 21.7 Å². The topological polar surface area (TPSA) is 63.4 Å². The van der Waals surface area contributed by atoms with Crippen molar-refractivity contribution in [3.8, 4) is 0 Å². The molecule has 0 spiro atoms. The maximum Gasteiger partial charge on any atom is 0.268 e. The van der Waals surface area contributed by atoms with E-state index < -0.39 is 5.24 Å². The summed E-state index contributed by atoms with van der Waals surface area (Å²) in [6.07, 6.45) is 0.